The molecule has 0 rings (SSSR count). The summed E-state index contributed by atoms with van der Waals surface area (Å²) in [6, 6.07) is 0. The monoisotopic (exact) mass is 250 g/mol. The summed E-state index contributed by atoms with van der Waals surface area (Å²) < 4.78 is 0. The van der Waals surface area contributed by atoms with Gasteiger partial charge in [-0.05, 0) is 0 Å². The number of nitrogens with zero attached hydrogens (tertiary/aromatic N) is 2. The molecule has 0 heterocycles. The zero-order chi connectivity index (χ0) is 10.6. The van der Waals surface area contributed by atoms with Crippen molar-refractivity contribution in [3.63, 3.8) is 0 Å². The van der Waals surface area contributed by atoms with Gasteiger partial charge in [0, 0.05) is 0 Å². The van der Waals surface area contributed by atoms with Crippen LogP contribution in [0.3, 0.4) is 0 Å². The molecule has 0 amide bonds. The molecule has 0 aromatic rings. The molecule has 13 heavy (non-hydrogen) atoms. The molecule has 0 aromatic heterocycles. The van der Waals surface area contributed by atoms with Gasteiger partial charge in [0.05, 0.1) is 23.4 Å². The third kappa shape index (κ3) is 273000. The Morgan fingerprint density at radius 2 is 0.923 bits per heavy atom. The van der Waals surface area contributed by atoms with Crippen molar-refractivity contribution < 1.29 is 39.9 Å². The van der Waals surface area contributed by atoms with Gasteiger partial charge >= 0.3 is 19.5 Å². The van der Waals surface area contributed by atoms with E-state index in [1.54, 1.807) is 0 Å². The molecule has 0 saturated carbocycles. The van der Waals surface area contributed by atoms with Crippen molar-refractivity contribution in [3.8, 4) is 0 Å². The Bertz CT molecular complexity index is 96.7. The molecule has 11 heteroatoms. The molecule has 0 fully saturated rings. The van der Waals surface area contributed by atoms with E-state index >= 15 is 0 Å². The Morgan fingerprint density at radius 1 is 0.846 bits per heavy atom. The van der Waals surface area contributed by atoms with Crippen LogP contribution >= 0.6 is 0 Å². The molecule has 74 valence electrons. The summed E-state index contributed by atoms with van der Waals surface area (Å²) in [4.78, 5) is 16.5. The summed E-state index contributed by atoms with van der Waals surface area (Å²) in [5.41, 5.74) is 0. The third-order valence-electron chi connectivity index (χ3n) is 0.1000. The first-order valence-electron chi connectivity index (χ1n) is 2.23. The number of rotatable bonds is 1. The van der Waals surface area contributed by atoms with Gasteiger partial charge < -0.3 is 40.9 Å². The van der Waals surface area contributed by atoms with E-state index in [1.807, 2.05) is 0 Å². The van der Waals surface area contributed by atoms with E-state index < -0.39 is 10.2 Å². The topological polar surface area (TPSA) is 173 Å². The standard InChI is InChI=1S/C2H6O2.2NO3.Zn/c3-1-2-4;2*2-1(3)4;/h3-4H,1-2H2;;;/q;2*-1;+2. The molecule has 0 aromatic carbocycles. The number of aliphatic hydroxyl groups excluding tert-OH is 2. The summed E-state index contributed by atoms with van der Waals surface area (Å²) in [6.07, 6.45) is 0. The van der Waals surface area contributed by atoms with Gasteiger partial charge in [-0.2, -0.15) is 0 Å². The molecule has 0 aliphatic rings. The molecule has 0 radical (unpaired) electrons. The second-order valence-corrected chi connectivity index (χ2v) is 0.894. The molecule has 2 N–H and O–H groups in total. The van der Waals surface area contributed by atoms with Gasteiger partial charge in [0.25, 0.3) is 0 Å². The van der Waals surface area contributed by atoms with Crippen LogP contribution in [0.5, 0.6) is 0 Å². The van der Waals surface area contributed by atoms with Crippen LogP contribution in [0.4, 0.5) is 0 Å². The summed E-state index contributed by atoms with van der Waals surface area (Å²) in [7, 11) is 0. The molecule has 0 bridgehead atoms. The largest absolute Gasteiger partial charge is 2.00 e. The zero-order valence-electron chi connectivity index (χ0n) is 6.36. The van der Waals surface area contributed by atoms with Gasteiger partial charge in [-0.15, -0.1) is 0 Å². The average Bonchev–Trinajstić information content (AvgIpc) is 1.85. The summed E-state index contributed by atoms with van der Waals surface area (Å²) in [6.45, 7) is -0.250. The van der Waals surface area contributed by atoms with Crippen molar-refractivity contribution in [2.24, 2.45) is 0 Å². The van der Waals surface area contributed by atoms with Gasteiger partial charge in [0.1, 0.15) is 0 Å². The summed E-state index contributed by atoms with van der Waals surface area (Å²) in [5, 5.41) is 44.8. The van der Waals surface area contributed by atoms with Gasteiger partial charge in [-0.3, -0.25) is 0 Å². The van der Waals surface area contributed by atoms with Crippen LogP contribution in [0, 0.1) is 30.6 Å². The second kappa shape index (κ2) is 22.4. The fourth-order valence-corrected chi connectivity index (χ4v) is 0. The van der Waals surface area contributed by atoms with Crippen LogP contribution in [-0.4, -0.2) is 33.6 Å². The molecule has 0 spiro atoms. The molecular formula is C2H6N2O8Zn. The van der Waals surface area contributed by atoms with Gasteiger partial charge in [-0.1, -0.05) is 0 Å². The van der Waals surface area contributed by atoms with Crippen molar-refractivity contribution in [1.29, 1.82) is 0 Å². The maximum absolute atomic E-state index is 8.25. The van der Waals surface area contributed by atoms with E-state index in [0.29, 0.717) is 0 Å². The van der Waals surface area contributed by atoms with Gasteiger partial charge in [-0.25, -0.2) is 0 Å². The minimum absolute atomic E-state index is 0. The number of hydrogen-bond donors (Lipinski definition) is 2. The third-order valence-corrected chi connectivity index (χ3v) is 0.1000. The maximum atomic E-state index is 8.25. The first-order chi connectivity index (χ1) is 5.38. The van der Waals surface area contributed by atoms with Crippen LogP contribution in [0.2, 0.25) is 0 Å². The maximum Gasteiger partial charge on any atom is 2.00 e. The van der Waals surface area contributed by atoms with E-state index in [1.165, 1.54) is 0 Å². The minimum Gasteiger partial charge on any atom is -0.394 e. The smallest absolute Gasteiger partial charge is 0.394 e. The van der Waals surface area contributed by atoms with Crippen molar-refractivity contribution >= 4 is 0 Å². The van der Waals surface area contributed by atoms with Crippen LogP contribution < -0.4 is 0 Å². The van der Waals surface area contributed by atoms with E-state index in [-0.39, 0.29) is 32.7 Å². The van der Waals surface area contributed by atoms with Crippen LogP contribution in [-0.2, 0) is 19.5 Å². The van der Waals surface area contributed by atoms with E-state index in [2.05, 4.69) is 0 Å². The first kappa shape index (κ1) is 22.7. The van der Waals surface area contributed by atoms with Crippen LogP contribution in [0.15, 0.2) is 0 Å². The van der Waals surface area contributed by atoms with E-state index in [4.69, 9.17) is 40.9 Å². The summed E-state index contributed by atoms with van der Waals surface area (Å²) in [5.74, 6) is 0. The van der Waals surface area contributed by atoms with E-state index in [0.717, 1.165) is 0 Å². The fraction of sp³-hybridized carbons (Fsp3) is 1.00. The Hall–Kier alpha value is -1.06. The Labute approximate surface area is 84.4 Å². The Kier molecular flexibility index (Phi) is 39.1. The second-order valence-electron chi connectivity index (χ2n) is 0.894. The molecule has 0 atom stereocenters. The van der Waals surface area contributed by atoms with Crippen molar-refractivity contribution in [1.82, 2.24) is 0 Å². The SMILES string of the molecule is O=[N+]([O-])[O-].O=[N+]([O-])[O-].OCCO.[Zn+2]. The van der Waals surface area contributed by atoms with Crippen molar-refractivity contribution in [2.75, 3.05) is 13.2 Å². The molecular weight excluding hydrogens is 245 g/mol. The minimum atomic E-state index is -1.75. The number of hydrogen-bond acceptors (Lipinski definition) is 8. The molecule has 0 aliphatic heterocycles. The Morgan fingerprint density at radius 3 is 0.923 bits per heavy atom. The quantitative estimate of drug-likeness (QED) is 0.321. The Balaban J connectivity index is -0.0000000450. The summed E-state index contributed by atoms with van der Waals surface area (Å²) >= 11 is 0. The number of aliphatic hydroxyl groups is 2. The van der Waals surface area contributed by atoms with Crippen LogP contribution in [0.25, 0.3) is 0 Å². The average molecular weight is 251 g/mol. The van der Waals surface area contributed by atoms with Gasteiger partial charge in [0.2, 0.25) is 0 Å². The van der Waals surface area contributed by atoms with Crippen molar-refractivity contribution in [3.05, 3.63) is 30.6 Å². The fourth-order valence-electron chi connectivity index (χ4n) is 0. The van der Waals surface area contributed by atoms with Gasteiger partial charge in [0.15, 0.2) is 0 Å². The molecule has 0 aliphatic carbocycles. The normalized spacial score (nSPS) is 6.00. The molecule has 10 nitrogen and oxygen atoms in total. The zero-order valence-corrected chi connectivity index (χ0v) is 9.33. The molecule has 0 unspecified atom stereocenters. The predicted octanol–water partition coefficient (Wildman–Crippen LogP) is -1.51. The van der Waals surface area contributed by atoms with E-state index in [9.17, 15) is 0 Å². The van der Waals surface area contributed by atoms with Crippen molar-refractivity contribution in [2.45, 2.75) is 0 Å². The molecule has 0 saturated heterocycles. The predicted molar refractivity (Wildman–Crippen MR) is 34.9 cm³/mol. The van der Waals surface area contributed by atoms with Crippen LogP contribution in [0.1, 0.15) is 0 Å². The first-order valence-corrected chi connectivity index (χ1v) is 2.23.